The SMILES string of the molecule is Fc1ccc([C@H]2C[C@H](c3ccc(Br)cc3)Nc3ncnn32)cc1. The van der Waals surface area contributed by atoms with Crippen molar-refractivity contribution in [1.29, 1.82) is 0 Å². The van der Waals surface area contributed by atoms with Crippen molar-refractivity contribution in [2.75, 3.05) is 5.32 Å². The van der Waals surface area contributed by atoms with Crippen molar-refractivity contribution >= 4 is 21.9 Å². The highest BCUT2D eigenvalue weighted by Crippen LogP contribution is 2.37. The highest BCUT2D eigenvalue weighted by molar-refractivity contribution is 9.10. The highest BCUT2D eigenvalue weighted by atomic mass is 79.9. The zero-order valence-corrected chi connectivity index (χ0v) is 13.7. The van der Waals surface area contributed by atoms with Crippen LogP contribution in [0.5, 0.6) is 0 Å². The zero-order valence-electron chi connectivity index (χ0n) is 12.2. The molecule has 23 heavy (non-hydrogen) atoms. The van der Waals surface area contributed by atoms with E-state index in [0.29, 0.717) is 0 Å². The van der Waals surface area contributed by atoms with Crippen LogP contribution in [0, 0.1) is 5.82 Å². The zero-order chi connectivity index (χ0) is 15.8. The third kappa shape index (κ3) is 2.74. The second-order valence-electron chi connectivity index (χ2n) is 5.58. The van der Waals surface area contributed by atoms with Gasteiger partial charge in [0.25, 0.3) is 0 Å². The van der Waals surface area contributed by atoms with E-state index in [1.54, 1.807) is 6.33 Å². The van der Waals surface area contributed by atoms with Gasteiger partial charge >= 0.3 is 0 Å². The molecule has 0 unspecified atom stereocenters. The molecule has 0 bridgehead atoms. The molecule has 3 aromatic rings. The quantitative estimate of drug-likeness (QED) is 0.727. The number of nitrogens with one attached hydrogen (secondary N) is 1. The summed E-state index contributed by atoms with van der Waals surface area (Å²) in [7, 11) is 0. The highest BCUT2D eigenvalue weighted by Gasteiger charge is 2.29. The third-order valence-corrected chi connectivity index (χ3v) is 4.69. The van der Waals surface area contributed by atoms with Crippen LogP contribution in [0.3, 0.4) is 0 Å². The third-order valence-electron chi connectivity index (χ3n) is 4.16. The Bertz CT molecular complexity index is 813. The van der Waals surface area contributed by atoms with Gasteiger partial charge in [-0.25, -0.2) is 9.07 Å². The Morgan fingerprint density at radius 2 is 1.74 bits per heavy atom. The second kappa shape index (κ2) is 5.77. The Morgan fingerprint density at radius 1 is 1.04 bits per heavy atom. The minimum Gasteiger partial charge on any atom is -0.348 e. The standard InChI is InChI=1S/C17H14BrFN4/c18-13-5-1-11(2-6-13)15-9-16(12-3-7-14(19)8-4-12)23-17(22-15)20-10-21-23/h1-8,10,15-16H,9H2,(H,20,21,22)/t15-,16-/m1/s1. The van der Waals surface area contributed by atoms with Crippen molar-refractivity contribution in [2.24, 2.45) is 0 Å². The van der Waals surface area contributed by atoms with E-state index in [0.717, 1.165) is 22.4 Å². The van der Waals surface area contributed by atoms with E-state index in [1.807, 2.05) is 28.9 Å². The summed E-state index contributed by atoms with van der Waals surface area (Å²) in [6, 6.07) is 15.0. The van der Waals surface area contributed by atoms with E-state index in [2.05, 4.69) is 43.5 Å². The number of fused-ring (bicyclic) bond motifs is 1. The second-order valence-corrected chi connectivity index (χ2v) is 6.50. The fraction of sp³-hybridized carbons (Fsp3) is 0.176. The number of halogens is 2. The number of hydrogen-bond donors (Lipinski definition) is 1. The van der Waals surface area contributed by atoms with Crippen LogP contribution >= 0.6 is 15.9 Å². The molecular formula is C17H14BrFN4. The smallest absolute Gasteiger partial charge is 0.222 e. The normalized spacial score (nSPS) is 19.9. The molecule has 4 nitrogen and oxygen atoms in total. The number of nitrogens with zero attached hydrogens (tertiary/aromatic N) is 3. The molecule has 0 amide bonds. The maximum atomic E-state index is 13.2. The van der Waals surface area contributed by atoms with Crippen LogP contribution in [0.25, 0.3) is 0 Å². The van der Waals surface area contributed by atoms with Crippen LogP contribution in [0.4, 0.5) is 10.3 Å². The van der Waals surface area contributed by atoms with Crippen molar-refractivity contribution < 1.29 is 4.39 Å². The van der Waals surface area contributed by atoms with Crippen LogP contribution in [-0.4, -0.2) is 14.8 Å². The molecule has 1 N–H and O–H groups in total. The van der Waals surface area contributed by atoms with Crippen molar-refractivity contribution in [3.8, 4) is 0 Å². The van der Waals surface area contributed by atoms with Crippen molar-refractivity contribution in [3.63, 3.8) is 0 Å². The van der Waals surface area contributed by atoms with Gasteiger partial charge in [-0.3, -0.25) is 0 Å². The number of benzene rings is 2. The first kappa shape index (κ1) is 14.4. The molecule has 1 aliphatic heterocycles. The predicted molar refractivity (Wildman–Crippen MR) is 89.7 cm³/mol. The maximum absolute atomic E-state index is 13.2. The number of hydrogen-bond acceptors (Lipinski definition) is 3. The largest absolute Gasteiger partial charge is 0.348 e. The van der Waals surface area contributed by atoms with Crippen molar-refractivity contribution in [3.05, 3.63) is 76.3 Å². The van der Waals surface area contributed by atoms with E-state index in [-0.39, 0.29) is 17.9 Å². The Hall–Kier alpha value is -2.21. The van der Waals surface area contributed by atoms with Gasteiger partial charge in [-0.05, 0) is 41.8 Å². The number of aromatic nitrogens is 3. The fourth-order valence-corrected chi connectivity index (χ4v) is 3.26. The van der Waals surface area contributed by atoms with Crippen LogP contribution < -0.4 is 5.32 Å². The summed E-state index contributed by atoms with van der Waals surface area (Å²) in [5, 5.41) is 7.74. The van der Waals surface area contributed by atoms with Gasteiger partial charge < -0.3 is 5.32 Å². The van der Waals surface area contributed by atoms with E-state index < -0.39 is 0 Å². The molecule has 0 radical (unpaired) electrons. The molecule has 1 aromatic heterocycles. The number of anilines is 1. The van der Waals surface area contributed by atoms with Crippen LogP contribution in [0.2, 0.25) is 0 Å². The Balaban J connectivity index is 1.71. The van der Waals surface area contributed by atoms with Crippen LogP contribution in [-0.2, 0) is 0 Å². The Kier molecular flexibility index (Phi) is 3.61. The lowest BCUT2D eigenvalue weighted by Gasteiger charge is -2.31. The predicted octanol–water partition coefficient (Wildman–Crippen LogP) is 4.33. The average molecular weight is 373 g/mol. The molecule has 0 aliphatic carbocycles. The Morgan fingerprint density at radius 3 is 2.48 bits per heavy atom. The van der Waals surface area contributed by atoms with Gasteiger partial charge in [-0.2, -0.15) is 10.1 Å². The topological polar surface area (TPSA) is 42.7 Å². The van der Waals surface area contributed by atoms with Gasteiger partial charge in [0.05, 0.1) is 12.1 Å². The van der Waals surface area contributed by atoms with Gasteiger partial charge in [0, 0.05) is 4.47 Å². The molecule has 4 rings (SSSR count). The first-order valence-corrected chi connectivity index (χ1v) is 8.17. The molecule has 0 fully saturated rings. The summed E-state index contributed by atoms with van der Waals surface area (Å²) in [5.41, 5.74) is 2.22. The Labute approximate surface area is 141 Å². The van der Waals surface area contributed by atoms with E-state index in [1.165, 1.54) is 17.7 Å². The summed E-state index contributed by atoms with van der Waals surface area (Å²) < 4.78 is 16.1. The first-order valence-electron chi connectivity index (χ1n) is 7.38. The first-order chi connectivity index (χ1) is 11.2. The van der Waals surface area contributed by atoms with Crippen molar-refractivity contribution in [2.45, 2.75) is 18.5 Å². The van der Waals surface area contributed by atoms with Gasteiger partial charge in [-0.15, -0.1) is 0 Å². The van der Waals surface area contributed by atoms with E-state index in [4.69, 9.17) is 0 Å². The lowest BCUT2D eigenvalue weighted by molar-refractivity contribution is 0.430. The van der Waals surface area contributed by atoms with E-state index in [9.17, 15) is 4.39 Å². The van der Waals surface area contributed by atoms with Gasteiger partial charge in [0.1, 0.15) is 12.1 Å². The monoisotopic (exact) mass is 372 g/mol. The van der Waals surface area contributed by atoms with Crippen LogP contribution in [0.15, 0.2) is 59.3 Å². The average Bonchev–Trinajstić information content (AvgIpc) is 3.04. The number of rotatable bonds is 2. The fourth-order valence-electron chi connectivity index (χ4n) is 3.00. The summed E-state index contributed by atoms with van der Waals surface area (Å²) in [6.45, 7) is 0. The minimum absolute atomic E-state index is 0.0306. The molecule has 0 saturated heterocycles. The summed E-state index contributed by atoms with van der Waals surface area (Å²) >= 11 is 3.46. The van der Waals surface area contributed by atoms with Crippen LogP contribution in [0.1, 0.15) is 29.6 Å². The summed E-state index contributed by atoms with van der Waals surface area (Å²) in [5.74, 6) is 0.504. The van der Waals surface area contributed by atoms with Gasteiger partial charge in [-0.1, -0.05) is 40.2 Å². The molecule has 2 atom stereocenters. The van der Waals surface area contributed by atoms with Gasteiger partial charge in [0.15, 0.2) is 0 Å². The lowest BCUT2D eigenvalue weighted by atomic mass is 9.93. The molecule has 1 aliphatic rings. The molecule has 0 spiro atoms. The molecular weight excluding hydrogens is 359 g/mol. The molecule has 116 valence electrons. The lowest BCUT2D eigenvalue weighted by Crippen LogP contribution is -2.28. The van der Waals surface area contributed by atoms with Crippen molar-refractivity contribution in [1.82, 2.24) is 14.8 Å². The molecule has 0 saturated carbocycles. The van der Waals surface area contributed by atoms with E-state index >= 15 is 0 Å². The molecule has 2 heterocycles. The summed E-state index contributed by atoms with van der Waals surface area (Å²) in [4.78, 5) is 4.30. The summed E-state index contributed by atoms with van der Waals surface area (Å²) in [6.07, 6.45) is 2.37. The van der Waals surface area contributed by atoms with Gasteiger partial charge in [0.2, 0.25) is 5.95 Å². The maximum Gasteiger partial charge on any atom is 0.222 e. The molecule has 6 heteroatoms. The minimum atomic E-state index is -0.231. The molecule has 2 aromatic carbocycles.